The monoisotopic (exact) mass is 456 g/mol. The molecule has 1 aliphatic rings. The predicted octanol–water partition coefficient (Wildman–Crippen LogP) is 5.05. The van der Waals surface area contributed by atoms with Crippen molar-refractivity contribution in [2.45, 2.75) is 29.3 Å². The predicted molar refractivity (Wildman–Crippen MR) is 130 cm³/mol. The Morgan fingerprint density at radius 1 is 1.00 bits per heavy atom. The first-order valence-electron chi connectivity index (χ1n) is 10.9. The maximum Gasteiger partial charge on any atom is 0.238 e. The summed E-state index contributed by atoms with van der Waals surface area (Å²) in [6.45, 7) is 0. The second-order valence-electron chi connectivity index (χ2n) is 7.90. The van der Waals surface area contributed by atoms with Gasteiger partial charge in [-0.15, -0.1) is 10.2 Å². The molecule has 4 aromatic rings. The molecule has 3 aromatic carbocycles. The maximum atomic E-state index is 13.2. The van der Waals surface area contributed by atoms with Crippen LogP contribution in [0, 0.1) is 0 Å². The molecule has 5 rings (SSSR count). The van der Waals surface area contributed by atoms with Gasteiger partial charge in [0, 0.05) is 17.3 Å². The van der Waals surface area contributed by atoms with Gasteiger partial charge >= 0.3 is 0 Å². The van der Waals surface area contributed by atoms with Gasteiger partial charge in [-0.25, -0.2) is 0 Å². The summed E-state index contributed by atoms with van der Waals surface area (Å²) in [6, 6.07) is 27.8. The van der Waals surface area contributed by atoms with Gasteiger partial charge in [0.05, 0.1) is 7.11 Å². The summed E-state index contributed by atoms with van der Waals surface area (Å²) in [4.78, 5) is 13.2. The first-order chi connectivity index (χ1) is 16.2. The van der Waals surface area contributed by atoms with Gasteiger partial charge in [-0.3, -0.25) is 9.36 Å². The second-order valence-corrected chi connectivity index (χ2v) is 8.97. The third-order valence-electron chi connectivity index (χ3n) is 5.46. The zero-order chi connectivity index (χ0) is 22.6. The molecule has 7 heteroatoms. The van der Waals surface area contributed by atoms with E-state index >= 15 is 0 Å². The van der Waals surface area contributed by atoms with Crippen LogP contribution in [0.1, 0.15) is 23.7 Å². The largest absolute Gasteiger partial charge is 0.497 e. The molecule has 1 saturated carbocycles. The lowest BCUT2D eigenvalue weighted by Crippen LogP contribution is -2.29. The first-order valence-corrected chi connectivity index (χ1v) is 11.8. The smallest absolute Gasteiger partial charge is 0.238 e. The molecule has 33 heavy (non-hydrogen) atoms. The third kappa shape index (κ3) is 4.78. The Morgan fingerprint density at radius 2 is 1.73 bits per heavy atom. The average Bonchev–Trinajstić information content (AvgIpc) is 3.59. The summed E-state index contributed by atoms with van der Waals surface area (Å²) in [7, 11) is 1.64. The Morgan fingerprint density at radius 3 is 2.42 bits per heavy atom. The molecule has 1 amide bonds. The lowest BCUT2D eigenvalue weighted by molar-refractivity contribution is -0.120. The van der Waals surface area contributed by atoms with E-state index in [9.17, 15) is 4.79 Å². The summed E-state index contributed by atoms with van der Waals surface area (Å²) in [5.74, 6) is 1.44. The number of ether oxygens (including phenoxy) is 1. The number of hydrogen-bond donors (Lipinski definition) is 1. The van der Waals surface area contributed by atoms with Crippen molar-refractivity contribution in [3.05, 3.63) is 90.5 Å². The van der Waals surface area contributed by atoms with Gasteiger partial charge in [0.15, 0.2) is 11.0 Å². The summed E-state index contributed by atoms with van der Waals surface area (Å²) in [5.41, 5.74) is 2.75. The molecular formula is C26H24N4O2S. The van der Waals surface area contributed by atoms with Gasteiger partial charge < -0.3 is 10.1 Å². The number of benzene rings is 3. The quantitative estimate of drug-likeness (QED) is 0.376. The maximum absolute atomic E-state index is 13.2. The number of thioether (sulfide) groups is 1. The number of nitrogens with zero attached hydrogens (tertiary/aromatic N) is 3. The van der Waals surface area contributed by atoms with Gasteiger partial charge in [-0.2, -0.15) is 0 Å². The van der Waals surface area contributed by atoms with Gasteiger partial charge in [0.1, 0.15) is 11.0 Å². The number of hydrogen-bond acceptors (Lipinski definition) is 5. The van der Waals surface area contributed by atoms with Crippen molar-refractivity contribution in [1.29, 1.82) is 0 Å². The van der Waals surface area contributed by atoms with Crippen LogP contribution in [0.2, 0.25) is 0 Å². The van der Waals surface area contributed by atoms with Crippen LogP contribution in [0.25, 0.3) is 17.1 Å². The molecule has 0 aliphatic heterocycles. The molecule has 1 unspecified atom stereocenters. The summed E-state index contributed by atoms with van der Waals surface area (Å²) >= 11 is 1.41. The Hall–Kier alpha value is -3.58. The molecule has 1 heterocycles. The third-order valence-corrected chi connectivity index (χ3v) is 6.66. The zero-order valence-corrected chi connectivity index (χ0v) is 19.0. The normalized spacial score (nSPS) is 14.0. The highest BCUT2D eigenvalue weighted by molar-refractivity contribution is 8.00. The Bertz CT molecular complexity index is 1240. The van der Waals surface area contributed by atoms with Crippen molar-refractivity contribution in [2.75, 3.05) is 7.11 Å². The number of carbonyl (C=O) groups is 1. The van der Waals surface area contributed by atoms with E-state index < -0.39 is 5.25 Å². The lowest BCUT2D eigenvalue weighted by atomic mass is 10.1. The van der Waals surface area contributed by atoms with Crippen molar-refractivity contribution in [3.63, 3.8) is 0 Å². The van der Waals surface area contributed by atoms with Crippen LogP contribution in [0.3, 0.4) is 0 Å². The highest BCUT2D eigenvalue weighted by Gasteiger charge is 2.31. The van der Waals surface area contributed by atoms with E-state index in [1.807, 2.05) is 89.5 Å². The molecule has 0 radical (unpaired) electrons. The zero-order valence-electron chi connectivity index (χ0n) is 18.2. The highest BCUT2D eigenvalue weighted by atomic mass is 32.2. The molecule has 1 fully saturated rings. The van der Waals surface area contributed by atoms with E-state index in [1.54, 1.807) is 7.11 Å². The van der Waals surface area contributed by atoms with Crippen LogP contribution in [-0.4, -0.2) is 33.8 Å². The minimum absolute atomic E-state index is 0.000702. The number of para-hydroxylation sites is 1. The summed E-state index contributed by atoms with van der Waals surface area (Å²) in [5, 5.41) is 12.4. The second kappa shape index (κ2) is 9.50. The average molecular weight is 457 g/mol. The van der Waals surface area contributed by atoms with Crippen molar-refractivity contribution in [2.24, 2.45) is 0 Å². The molecule has 1 aliphatic carbocycles. The minimum atomic E-state index is -0.434. The molecule has 0 saturated heterocycles. The molecule has 0 bridgehead atoms. The van der Waals surface area contributed by atoms with E-state index in [4.69, 9.17) is 4.74 Å². The number of amides is 1. The molecular weight excluding hydrogens is 432 g/mol. The van der Waals surface area contributed by atoms with Crippen LogP contribution in [0.4, 0.5) is 0 Å². The molecule has 1 atom stereocenters. The Balaban J connectivity index is 1.57. The van der Waals surface area contributed by atoms with Crippen molar-refractivity contribution in [1.82, 2.24) is 20.1 Å². The Labute approximate surface area is 197 Å². The van der Waals surface area contributed by atoms with Gasteiger partial charge in [-0.05, 0) is 42.7 Å². The molecule has 6 nitrogen and oxygen atoms in total. The SMILES string of the molecule is COc1cccc(-c2nnc(SC(C(=O)NC3CC3)c3ccccc3)n2-c2ccccc2)c1. The van der Waals surface area contributed by atoms with E-state index in [-0.39, 0.29) is 11.9 Å². The van der Waals surface area contributed by atoms with Crippen LogP contribution in [0.5, 0.6) is 5.75 Å². The fraction of sp³-hybridized carbons (Fsp3) is 0.192. The molecule has 1 aromatic heterocycles. The number of rotatable bonds is 8. The summed E-state index contributed by atoms with van der Waals surface area (Å²) < 4.78 is 7.41. The molecule has 166 valence electrons. The van der Waals surface area contributed by atoms with Gasteiger partial charge in [0.2, 0.25) is 5.91 Å². The van der Waals surface area contributed by atoms with Crippen molar-refractivity contribution >= 4 is 17.7 Å². The van der Waals surface area contributed by atoms with Gasteiger partial charge in [-0.1, -0.05) is 72.4 Å². The van der Waals surface area contributed by atoms with Crippen LogP contribution in [-0.2, 0) is 4.79 Å². The van der Waals surface area contributed by atoms with Crippen molar-refractivity contribution in [3.8, 4) is 22.8 Å². The fourth-order valence-corrected chi connectivity index (χ4v) is 4.68. The van der Waals surface area contributed by atoms with Crippen LogP contribution < -0.4 is 10.1 Å². The standard InChI is InChI=1S/C26H24N4O2S/c1-32-22-14-8-11-19(17-22)24-28-29-26(30(24)21-12-6-3-7-13-21)33-23(18-9-4-2-5-10-18)25(31)27-20-15-16-20/h2-14,17,20,23H,15-16H2,1H3,(H,27,31). The van der Waals surface area contributed by atoms with Gasteiger partial charge in [0.25, 0.3) is 0 Å². The van der Waals surface area contributed by atoms with E-state index in [2.05, 4.69) is 15.5 Å². The number of methoxy groups -OCH3 is 1. The van der Waals surface area contributed by atoms with Crippen LogP contribution >= 0.6 is 11.8 Å². The number of nitrogens with one attached hydrogen (secondary N) is 1. The van der Waals surface area contributed by atoms with E-state index in [1.165, 1.54) is 11.8 Å². The van der Waals surface area contributed by atoms with Crippen molar-refractivity contribution < 1.29 is 9.53 Å². The highest BCUT2D eigenvalue weighted by Crippen LogP contribution is 2.38. The van der Waals surface area contributed by atoms with E-state index in [0.29, 0.717) is 11.0 Å². The lowest BCUT2D eigenvalue weighted by Gasteiger charge is -2.17. The summed E-state index contributed by atoms with van der Waals surface area (Å²) in [6.07, 6.45) is 2.08. The Kier molecular flexibility index (Phi) is 6.13. The molecule has 1 N–H and O–H groups in total. The van der Waals surface area contributed by atoms with Crippen LogP contribution in [0.15, 0.2) is 90.1 Å². The minimum Gasteiger partial charge on any atom is -0.497 e. The van der Waals surface area contributed by atoms with E-state index in [0.717, 1.165) is 35.4 Å². The number of carbonyl (C=O) groups excluding carboxylic acids is 1. The first kappa shape index (κ1) is 21.3. The topological polar surface area (TPSA) is 69.0 Å². The molecule has 0 spiro atoms. The fourth-order valence-electron chi connectivity index (χ4n) is 3.62. The number of aromatic nitrogens is 3.